The summed E-state index contributed by atoms with van der Waals surface area (Å²) in [4.78, 5) is 30.9. The Morgan fingerprint density at radius 2 is 2.07 bits per heavy atom. The maximum absolute atomic E-state index is 12.7. The van der Waals surface area contributed by atoms with Gasteiger partial charge in [0.2, 0.25) is 11.8 Å². The number of rotatable bonds is 7. The normalized spacial score (nSPS) is 16.9. The van der Waals surface area contributed by atoms with Crippen molar-refractivity contribution in [2.75, 3.05) is 13.1 Å². The van der Waals surface area contributed by atoms with Crippen LogP contribution in [0.5, 0.6) is 0 Å². The molecule has 0 saturated carbocycles. The molecule has 0 bridgehead atoms. The van der Waals surface area contributed by atoms with E-state index in [9.17, 15) is 9.59 Å². The monoisotopic (exact) mass is 370 g/mol. The van der Waals surface area contributed by atoms with Crippen LogP contribution >= 0.6 is 0 Å². The van der Waals surface area contributed by atoms with E-state index in [1.807, 2.05) is 23.1 Å². The van der Waals surface area contributed by atoms with Crippen LogP contribution in [0.4, 0.5) is 0 Å². The fraction of sp³-hybridized carbons (Fsp3) is 0.500. The van der Waals surface area contributed by atoms with E-state index in [0.29, 0.717) is 36.7 Å². The van der Waals surface area contributed by atoms with Crippen LogP contribution in [-0.2, 0) is 11.2 Å². The Labute approximate surface area is 159 Å². The molecule has 27 heavy (non-hydrogen) atoms. The molecule has 1 aromatic carbocycles. The Hall–Kier alpha value is -2.70. The Kier molecular flexibility index (Phi) is 6.57. The fourth-order valence-electron chi connectivity index (χ4n) is 3.47. The number of hydrogen-bond acceptors (Lipinski definition) is 5. The number of piperidine rings is 1. The quantitative estimate of drug-likeness (QED) is 0.809. The minimum Gasteiger partial charge on any atom is -0.352 e. The first-order chi connectivity index (χ1) is 13.1. The van der Waals surface area contributed by atoms with Gasteiger partial charge >= 0.3 is 0 Å². The molecular formula is C20H26N4O3. The van der Waals surface area contributed by atoms with Crippen molar-refractivity contribution >= 4 is 11.8 Å². The van der Waals surface area contributed by atoms with E-state index >= 15 is 0 Å². The summed E-state index contributed by atoms with van der Waals surface area (Å²) >= 11 is 0. The van der Waals surface area contributed by atoms with Crippen LogP contribution in [-0.4, -0.2) is 46.0 Å². The van der Waals surface area contributed by atoms with Crippen molar-refractivity contribution in [2.24, 2.45) is 0 Å². The average Bonchev–Trinajstić information content (AvgIpc) is 3.12. The summed E-state index contributed by atoms with van der Waals surface area (Å²) in [5.74, 6) is 1.13. The van der Waals surface area contributed by atoms with Crippen molar-refractivity contribution < 1.29 is 14.1 Å². The van der Waals surface area contributed by atoms with Crippen LogP contribution in [0.15, 0.2) is 34.9 Å². The predicted octanol–water partition coefficient (Wildman–Crippen LogP) is 2.51. The zero-order valence-electron chi connectivity index (χ0n) is 15.7. The van der Waals surface area contributed by atoms with Crippen molar-refractivity contribution in [1.29, 1.82) is 0 Å². The van der Waals surface area contributed by atoms with Gasteiger partial charge in [0.1, 0.15) is 0 Å². The number of likely N-dealkylation sites (tertiary alicyclic amines) is 1. The second-order valence-corrected chi connectivity index (χ2v) is 6.88. The molecule has 1 aliphatic heterocycles. The molecule has 7 heteroatoms. The first-order valence-electron chi connectivity index (χ1n) is 9.55. The maximum Gasteiger partial charge on any atom is 0.251 e. The molecule has 0 aliphatic carbocycles. The van der Waals surface area contributed by atoms with Crippen LogP contribution in [0.25, 0.3) is 0 Å². The van der Waals surface area contributed by atoms with Gasteiger partial charge in [-0.1, -0.05) is 23.4 Å². The number of aryl methyl sites for hydroxylation is 2. The molecule has 1 fully saturated rings. The number of carbonyl (C=O) groups is 2. The largest absolute Gasteiger partial charge is 0.352 e. The smallest absolute Gasteiger partial charge is 0.251 e. The predicted molar refractivity (Wildman–Crippen MR) is 100 cm³/mol. The number of nitrogens with zero attached hydrogens (tertiary/aromatic N) is 3. The van der Waals surface area contributed by atoms with Gasteiger partial charge in [0.15, 0.2) is 5.82 Å². The van der Waals surface area contributed by atoms with E-state index < -0.39 is 0 Å². The third-order valence-corrected chi connectivity index (χ3v) is 4.87. The molecule has 0 spiro atoms. The number of amides is 2. The highest BCUT2D eigenvalue weighted by molar-refractivity contribution is 5.94. The van der Waals surface area contributed by atoms with Crippen LogP contribution < -0.4 is 5.32 Å². The van der Waals surface area contributed by atoms with E-state index in [2.05, 4.69) is 15.5 Å². The van der Waals surface area contributed by atoms with Gasteiger partial charge in [-0.2, -0.15) is 4.98 Å². The first-order valence-corrected chi connectivity index (χ1v) is 9.55. The average molecular weight is 370 g/mol. The molecule has 7 nitrogen and oxygen atoms in total. The summed E-state index contributed by atoms with van der Waals surface area (Å²) in [5.41, 5.74) is 0.656. The molecule has 0 radical (unpaired) electrons. The summed E-state index contributed by atoms with van der Waals surface area (Å²) in [6, 6.07) is 9.35. The van der Waals surface area contributed by atoms with Gasteiger partial charge in [0.25, 0.3) is 5.91 Å². The highest BCUT2D eigenvalue weighted by Crippen LogP contribution is 2.21. The molecule has 2 heterocycles. The van der Waals surface area contributed by atoms with Gasteiger partial charge < -0.3 is 14.7 Å². The lowest BCUT2D eigenvalue weighted by Crippen LogP contribution is -2.45. The summed E-state index contributed by atoms with van der Waals surface area (Å²) < 4.78 is 5.08. The van der Waals surface area contributed by atoms with E-state index in [1.165, 1.54) is 0 Å². The molecular weight excluding hydrogens is 344 g/mol. The minimum atomic E-state index is -0.0731. The van der Waals surface area contributed by atoms with E-state index in [-0.39, 0.29) is 17.9 Å². The van der Waals surface area contributed by atoms with Gasteiger partial charge in [-0.15, -0.1) is 0 Å². The van der Waals surface area contributed by atoms with Crippen molar-refractivity contribution in [3.63, 3.8) is 0 Å². The van der Waals surface area contributed by atoms with Crippen molar-refractivity contribution in [3.05, 3.63) is 47.6 Å². The third kappa shape index (κ3) is 5.39. The van der Waals surface area contributed by atoms with Crippen LogP contribution in [0.3, 0.4) is 0 Å². The first kappa shape index (κ1) is 19.1. The van der Waals surface area contributed by atoms with Gasteiger partial charge in [-0.25, -0.2) is 0 Å². The second kappa shape index (κ2) is 9.30. The molecule has 2 aromatic rings. The number of carbonyl (C=O) groups excluding carboxylic acids is 2. The van der Waals surface area contributed by atoms with E-state index in [1.54, 1.807) is 19.1 Å². The van der Waals surface area contributed by atoms with E-state index in [0.717, 1.165) is 32.2 Å². The molecule has 1 atom stereocenters. The lowest BCUT2D eigenvalue weighted by Gasteiger charge is -2.36. The van der Waals surface area contributed by atoms with Crippen LogP contribution in [0.2, 0.25) is 0 Å². The molecule has 2 amide bonds. The number of benzene rings is 1. The standard InChI is InChI=1S/C20H26N4O3/c1-15-22-18(27-23-15)10-11-19(25)24-14-6-5-9-17(24)12-13-21-20(26)16-7-3-2-4-8-16/h2-4,7-8,17H,5-6,9-14H2,1H3,(H,21,26)/t17-/m0/s1. The highest BCUT2D eigenvalue weighted by atomic mass is 16.5. The topological polar surface area (TPSA) is 88.3 Å². The molecule has 1 N–H and O–H groups in total. The van der Waals surface area contributed by atoms with Crippen LogP contribution in [0.1, 0.15) is 54.2 Å². The Bertz CT molecular complexity index is 760. The van der Waals surface area contributed by atoms with Gasteiger partial charge in [-0.3, -0.25) is 9.59 Å². The second-order valence-electron chi connectivity index (χ2n) is 6.88. The zero-order chi connectivity index (χ0) is 19.1. The van der Waals surface area contributed by atoms with Crippen molar-refractivity contribution in [1.82, 2.24) is 20.4 Å². The number of nitrogens with one attached hydrogen (secondary N) is 1. The zero-order valence-corrected chi connectivity index (χ0v) is 15.7. The van der Waals surface area contributed by atoms with E-state index in [4.69, 9.17) is 4.52 Å². The lowest BCUT2D eigenvalue weighted by atomic mass is 9.98. The third-order valence-electron chi connectivity index (χ3n) is 4.87. The maximum atomic E-state index is 12.7. The van der Waals surface area contributed by atoms with Gasteiger partial charge in [0.05, 0.1) is 0 Å². The number of aromatic nitrogens is 2. The molecule has 1 aliphatic rings. The Morgan fingerprint density at radius 3 is 2.81 bits per heavy atom. The Morgan fingerprint density at radius 1 is 1.26 bits per heavy atom. The summed E-state index contributed by atoms with van der Waals surface area (Å²) in [6.45, 7) is 3.10. The van der Waals surface area contributed by atoms with Crippen LogP contribution in [0, 0.1) is 6.92 Å². The molecule has 1 saturated heterocycles. The summed E-state index contributed by atoms with van der Waals surface area (Å²) in [7, 11) is 0. The van der Waals surface area contributed by atoms with Crippen molar-refractivity contribution in [3.8, 4) is 0 Å². The summed E-state index contributed by atoms with van der Waals surface area (Å²) in [5, 5.41) is 6.71. The van der Waals surface area contributed by atoms with Gasteiger partial charge in [-0.05, 0) is 44.7 Å². The summed E-state index contributed by atoms with van der Waals surface area (Å²) in [6.07, 6.45) is 4.72. The highest BCUT2D eigenvalue weighted by Gasteiger charge is 2.26. The lowest BCUT2D eigenvalue weighted by molar-refractivity contribution is -0.135. The number of hydrogen-bond donors (Lipinski definition) is 1. The fourth-order valence-corrected chi connectivity index (χ4v) is 3.47. The molecule has 0 unspecified atom stereocenters. The molecule has 144 valence electrons. The minimum absolute atomic E-state index is 0.0731. The SMILES string of the molecule is Cc1noc(CCC(=O)N2CCCC[C@H]2CCNC(=O)c2ccccc2)n1. The van der Waals surface area contributed by atoms with Gasteiger partial charge in [0, 0.05) is 37.5 Å². The van der Waals surface area contributed by atoms with Crippen molar-refractivity contribution in [2.45, 2.75) is 51.5 Å². The molecule has 1 aromatic heterocycles. The molecule has 3 rings (SSSR count). The Balaban J connectivity index is 1.47.